The number of sulfonamides is 1. The zero-order chi connectivity index (χ0) is 33.4. The van der Waals surface area contributed by atoms with E-state index in [4.69, 9.17) is 18.9 Å². The van der Waals surface area contributed by atoms with Gasteiger partial charge in [0.25, 0.3) is 16.3 Å². The Hall–Kier alpha value is -4.87. The van der Waals surface area contributed by atoms with Crippen LogP contribution in [-0.2, 0) is 30.5 Å². The number of hydrogen-bond acceptors (Lipinski definition) is 10. The van der Waals surface area contributed by atoms with Crippen molar-refractivity contribution >= 4 is 22.1 Å². The summed E-state index contributed by atoms with van der Waals surface area (Å²) in [5.41, 5.74) is 0.609. The van der Waals surface area contributed by atoms with E-state index in [1.165, 1.54) is 24.0 Å². The Morgan fingerprint density at radius 1 is 1.07 bits per heavy atom. The van der Waals surface area contributed by atoms with Crippen LogP contribution >= 0.6 is 0 Å². The first kappa shape index (κ1) is 32.5. The van der Waals surface area contributed by atoms with E-state index in [0.717, 1.165) is 33.5 Å². The van der Waals surface area contributed by atoms with Crippen LogP contribution in [0.2, 0.25) is 0 Å². The molecule has 0 spiro atoms. The predicted octanol–water partition coefficient (Wildman–Crippen LogP) is 3.86. The molecular weight excluding hydrogens is 637 g/mol. The van der Waals surface area contributed by atoms with E-state index in [0.29, 0.717) is 18.5 Å². The van der Waals surface area contributed by atoms with Crippen molar-refractivity contribution in [2.45, 2.75) is 57.6 Å². The summed E-state index contributed by atoms with van der Waals surface area (Å²) in [5, 5.41) is 6.31. The van der Waals surface area contributed by atoms with Crippen LogP contribution < -0.4 is 14.6 Å². The second kappa shape index (κ2) is 12.5. The van der Waals surface area contributed by atoms with Crippen molar-refractivity contribution in [3.05, 3.63) is 65.9 Å². The molecule has 18 heteroatoms. The molecule has 248 valence electrons. The molecule has 46 heavy (non-hydrogen) atoms. The Morgan fingerprint density at radius 3 is 2.37 bits per heavy atom. The van der Waals surface area contributed by atoms with Gasteiger partial charge in [-0.1, -0.05) is 43.7 Å². The average molecular weight is 669 g/mol. The number of alkyl halides is 3. The normalized spacial score (nSPS) is 16.1. The number of nitrogens with zero attached hydrogens (tertiary/aromatic N) is 5. The van der Waals surface area contributed by atoms with Gasteiger partial charge in [-0.3, -0.25) is 9.80 Å². The fraction of sp³-hybridized carbons (Fsp3) is 0.393. The quantitative estimate of drug-likeness (QED) is 0.195. The van der Waals surface area contributed by atoms with Gasteiger partial charge in [0, 0.05) is 30.4 Å². The number of rotatable bonds is 10. The molecule has 4 aromatic rings. The molecule has 0 bridgehead atoms. The van der Waals surface area contributed by atoms with Crippen molar-refractivity contribution in [2.24, 2.45) is 5.92 Å². The van der Waals surface area contributed by atoms with Crippen LogP contribution in [0.5, 0.6) is 0 Å². The second-order valence-corrected chi connectivity index (χ2v) is 12.5. The third-order valence-electron chi connectivity index (χ3n) is 6.85. The summed E-state index contributed by atoms with van der Waals surface area (Å²) in [6.45, 7) is 7.24. The number of aromatic nitrogens is 4. The van der Waals surface area contributed by atoms with E-state index in [-0.39, 0.29) is 28.7 Å². The molecule has 1 aliphatic heterocycles. The highest BCUT2D eigenvalue weighted by Gasteiger charge is 2.36. The monoisotopic (exact) mass is 668 g/mol. The highest BCUT2D eigenvalue weighted by molar-refractivity contribution is 7.90. The van der Waals surface area contributed by atoms with E-state index in [1.807, 2.05) is 11.6 Å². The number of esters is 1. The lowest BCUT2D eigenvalue weighted by Crippen LogP contribution is -2.37. The molecule has 1 N–H and O–H groups in total. The van der Waals surface area contributed by atoms with Gasteiger partial charge in [-0.05, 0) is 37.3 Å². The summed E-state index contributed by atoms with van der Waals surface area (Å²) in [6, 6.07) is 12.6. The van der Waals surface area contributed by atoms with Crippen molar-refractivity contribution in [1.29, 1.82) is 0 Å². The Kier molecular flexibility index (Phi) is 8.83. The average Bonchev–Trinajstić information content (AvgIpc) is 3.35. The van der Waals surface area contributed by atoms with Crippen LogP contribution in [0, 0.1) is 12.8 Å². The summed E-state index contributed by atoms with van der Waals surface area (Å²) >= 11 is 0. The number of amides is 1. The standard InChI is InChI=1S/C28H31F3N6O8S/c1-17(2)26(38)42-19(4)44-37-36(45-37)34-14-13-22(16-34)43-27(39)33-46(40,41)23-11-9-21(10-12-23)35-24(15-25(32-35)28(29,30)31)20-7-5-18(3)6-8-20/h5-12,15,17,19,22H,13-14,16H2,1-4H3,(H,33,39). The number of carbonyl (C=O) groups is 2. The highest BCUT2D eigenvalue weighted by atomic mass is 32.2. The third kappa shape index (κ3) is 7.49. The highest BCUT2D eigenvalue weighted by Crippen LogP contribution is 2.33. The number of hydrogen-bond donors (Lipinski definition) is 1. The molecule has 0 radical (unpaired) electrons. The lowest BCUT2D eigenvalue weighted by molar-refractivity contribution is -0.184. The molecule has 2 aromatic carbocycles. The van der Waals surface area contributed by atoms with Gasteiger partial charge in [-0.2, -0.15) is 22.9 Å². The first-order valence-electron chi connectivity index (χ1n) is 14.1. The molecule has 2 atom stereocenters. The summed E-state index contributed by atoms with van der Waals surface area (Å²) in [7, 11) is -4.39. The van der Waals surface area contributed by atoms with Crippen molar-refractivity contribution < 1.29 is 50.1 Å². The molecule has 1 saturated heterocycles. The Morgan fingerprint density at radius 2 is 1.74 bits per heavy atom. The van der Waals surface area contributed by atoms with Crippen LogP contribution in [0.1, 0.15) is 38.4 Å². The Labute approximate surface area is 261 Å². The lowest BCUT2D eigenvalue weighted by atomic mass is 10.1. The molecular formula is C28H31F3N6O8S. The fourth-order valence-electron chi connectivity index (χ4n) is 4.43. The van der Waals surface area contributed by atoms with Crippen molar-refractivity contribution in [2.75, 3.05) is 18.1 Å². The van der Waals surface area contributed by atoms with Gasteiger partial charge in [-0.25, -0.2) is 22.6 Å². The van der Waals surface area contributed by atoms with Gasteiger partial charge in [0.1, 0.15) is 11.1 Å². The minimum Gasteiger partial charge on any atom is -0.444 e. The molecule has 0 saturated carbocycles. The number of nitrogens with one attached hydrogen (secondary N) is 1. The van der Waals surface area contributed by atoms with E-state index >= 15 is 0 Å². The number of ether oxygens (including phenoxy) is 2. The van der Waals surface area contributed by atoms with Gasteiger partial charge < -0.3 is 14.3 Å². The Balaban J connectivity index is 1.19. The third-order valence-corrected chi connectivity index (χ3v) is 8.17. The van der Waals surface area contributed by atoms with Crippen molar-refractivity contribution in [3.8, 4) is 16.9 Å². The van der Waals surface area contributed by atoms with Crippen molar-refractivity contribution in [3.63, 3.8) is 0 Å². The first-order chi connectivity index (χ1) is 21.6. The fourth-order valence-corrected chi connectivity index (χ4v) is 5.31. The number of halogens is 3. The van der Waals surface area contributed by atoms with Crippen molar-refractivity contribution in [1.82, 2.24) is 24.5 Å². The summed E-state index contributed by atoms with van der Waals surface area (Å²) in [5.74, 6) is -0.782. The van der Waals surface area contributed by atoms with Crippen LogP contribution in [0.15, 0.2) is 64.1 Å². The largest absolute Gasteiger partial charge is 0.444 e. The number of aryl methyl sites for hydroxylation is 1. The molecule has 5 rings (SSSR count). The summed E-state index contributed by atoms with van der Waals surface area (Å²) in [4.78, 5) is 30.4. The van der Waals surface area contributed by atoms with Gasteiger partial charge in [0.2, 0.25) is 0 Å². The number of benzene rings is 2. The summed E-state index contributed by atoms with van der Waals surface area (Å²) < 4.78 is 84.7. The molecule has 3 heterocycles. The molecule has 2 unspecified atom stereocenters. The molecule has 14 nitrogen and oxygen atoms in total. The maximum atomic E-state index is 13.5. The first-order valence-corrected chi connectivity index (χ1v) is 15.6. The Bertz CT molecular complexity index is 1790. The SMILES string of the molecule is Cc1ccc(-c2cc(C(F)(F)F)nn2-c2ccc(S(=O)(=O)NC(=O)OC3CCN(n4on4OC(C)OC(=O)C(C)C)C3)cc2)cc1. The van der Waals surface area contributed by atoms with Gasteiger partial charge in [-0.15, -0.1) is 0 Å². The van der Waals surface area contributed by atoms with Crippen LogP contribution in [-0.4, -0.2) is 65.7 Å². The van der Waals surface area contributed by atoms with Crippen LogP contribution in [0.3, 0.4) is 0 Å². The van der Waals surface area contributed by atoms with Gasteiger partial charge >= 0.3 is 18.2 Å². The molecule has 1 aliphatic rings. The zero-order valence-corrected chi connectivity index (χ0v) is 25.9. The minimum absolute atomic E-state index is 0.148. The van der Waals surface area contributed by atoms with Crippen LogP contribution in [0.4, 0.5) is 18.0 Å². The number of carbonyl (C=O) groups excluding carboxylic acids is 2. The maximum Gasteiger partial charge on any atom is 0.435 e. The lowest BCUT2D eigenvalue weighted by Gasteiger charge is -2.14. The van der Waals surface area contributed by atoms with E-state index < -0.39 is 46.4 Å². The van der Waals surface area contributed by atoms with Gasteiger partial charge in [0.05, 0.1) is 28.7 Å². The minimum atomic E-state index is -4.70. The molecule has 1 fully saturated rings. The zero-order valence-electron chi connectivity index (χ0n) is 25.1. The van der Waals surface area contributed by atoms with E-state index in [9.17, 15) is 31.2 Å². The van der Waals surface area contributed by atoms with Crippen LogP contribution in [0.25, 0.3) is 16.9 Å². The molecule has 1 amide bonds. The predicted molar refractivity (Wildman–Crippen MR) is 154 cm³/mol. The molecule has 2 aromatic heterocycles. The topological polar surface area (TPSA) is 152 Å². The molecule has 0 aliphatic carbocycles. The van der Waals surface area contributed by atoms with E-state index in [2.05, 4.69) is 5.10 Å². The second-order valence-electron chi connectivity index (χ2n) is 10.9. The van der Waals surface area contributed by atoms with E-state index in [1.54, 1.807) is 43.1 Å². The smallest absolute Gasteiger partial charge is 0.435 e. The van der Waals surface area contributed by atoms with Gasteiger partial charge in [0.15, 0.2) is 5.69 Å². The maximum absolute atomic E-state index is 13.5. The summed E-state index contributed by atoms with van der Waals surface area (Å²) in [6.07, 6.45) is -7.18.